The average molecular weight is 153 g/mol. The molecule has 1 N–H and O–H groups in total. The molecule has 0 heterocycles. The van der Waals surface area contributed by atoms with Crippen LogP contribution in [-0.4, -0.2) is 12.6 Å². The van der Waals surface area contributed by atoms with Gasteiger partial charge in [-0.3, -0.25) is 0 Å². The summed E-state index contributed by atoms with van der Waals surface area (Å²) in [7, 11) is 0. The van der Waals surface area contributed by atoms with E-state index >= 15 is 0 Å². The van der Waals surface area contributed by atoms with E-state index in [1.54, 1.807) is 0 Å². The summed E-state index contributed by atoms with van der Waals surface area (Å²) < 4.78 is 0. The first-order valence-corrected chi connectivity index (χ1v) is 4.82. The van der Waals surface area contributed by atoms with Crippen LogP contribution in [-0.2, 0) is 0 Å². The minimum absolute atomic E-state index is 0.756. The van der Waals surface area contributed by atoms with Crippen molar-refractivity contribution in [3.8, 4) is 0 Å². The fourth-order valence-electron chi connectivity index (χ4n) is 1.47. The molecule has 0 aliphatic heterocycles. The summed E-state index contributed by atoms with van der Waals surface area (Å²) in [5, 5.41) is 3.55. The second kappa shape index (κ2) is 5.36. The molecule has 1 aliphatic rings. The second-order valence-electron chi connectivity index (χ2n) is 3.30. The van der Waals surface area contributed by atoms with Gasteiger partial charge in [-0.25, -0.2) is 0 Å². The third kappa shape index (κ3) is 3.57. The van der Waals surface area contributed by atoms with Gasteiger partial charge in [-0.1, -0.05) is 31.9 Å². The zero-order valence-electron chi connectivity index (χ0n) is 7.47. The van der Waals surface area contributed by atoms with E-state index in [9.17, 15) is 0 Å². The molecule has 0 aromatic rings. The molecule has 0 aromatic heterocycles. The first-order valence-electron chi connectivity index (χ1n) is 4.82. The van der Waals surface area contributed by atoms with Crippen LogP contribution in [0.4, 0.5) is 0 Å². The lowest BCUT2D eigenvalue weighted by molar-refractivity contribution is 0.517. The number of hydrogen-bond acceptors (Lipinski definition) is 1. The Morgan fingerprint density at radius 1 is 1.27 bits per heavy atom. The first kappa shape index (κ1) is 8.79. The van der Waals surface area contributed by atoms with E-state index in [1.165, 1.54) is 38.6 Å². The number of nitrogens with one attached hydrogen (secondary N) is 1. The molecule has 0 fully saturated rings. The highest BCUT2D eigenvalue weighted by atomic mass is 14.9. The molecule has 11 heavy (non-hydrogen) atoms. The van der Waals surface area contributed by atoms with Gasteiger partial charge in [-0.2, -0.15) is 0 Å². The quantitative estimate of drug-likeness (QED) is 0.472. The molecule has 1 aliphatic carbocycles. The topological polar surface area (TPSA) is 12.0 Å². The molecule has 1 rings (SSSR count). The van der Waals surface area contributed by atoms with E-state index < -0.39 is 0 Å². The average Bonchev–Trinajstić information content (AvgIpc) is 2.50. The van der Waals surface area contributed by atoms with Gasteiger partial charge in [-0.05, 0) is 25.8 Å². The molecule has 0 saturated carbocycles. The molecular weight excluding hydrogens is 134 g/mol. The monoisotopic (exact) mass is 153 g/mol. The summed E-state index contributed by atoms with van der Waals surface area (Å²) in [6.45, 7) is 3.46. The highest BCUT2D eigenvalue weighted by Crippen LogP contribution is 2.08. The molecule has 0 bridgehead atoms. The Labute approximate surface area is 69.9 Å². The van der Waals surface area contributed by atoms with Gasteiger partial charge in [0.2, 0.25) is 0 Å². The third-order valence-electron chi connectivity index (χ3n) is 2.22. The van der Waals surface area contributed by atoms with E-state index in [4.69, 9.17) is 0 Å². The van der Waals surface area contributed by atoms with Crippen LogP contribution in [0.15, 0.2) is 12.2 Å². The smallest absolute Gasteiger partial charge is 0.0136 e. The molecule has 0 aromatic carbocycles. The fraction of sp³-hybridized carbons (Fsp3) is 0.800. The van der Waals surface area contributed by atoms with Crippen molar-refractivity contribution in [2.24, 2.45) is 0 Å². The summed E-state index contributed by atoms with van der Waals surface area (Å²) in [5.74, 6) is 0. The predicted molar refractivity (Wildman–Crippen MR) is 49.7 cm³/mol. The molecule has 0 radical (unpaired) electrons. The van der Waals surface area contributed by atoms with Gasteiger partial charge in [0.25, 0.3) is 0 Å². The first-order chi connectivity index (χ1) is 5.43. The minimum Gasteiger partial charge on any atom is -0.313 e. The molecule has 1 nitrogen and oxygen atoms in total. The Morgan fingerprint density at radius 3 is 2.64 bits per heavy atom. The van der Waals surface area contributed by atoms with Gasteiger partial charge >= 0.3 is 0 Å². The second-order valence-corrected chi connectivity index (χ2v) is 3.30. The largest absolute Gasteiger partial charge is 0.313 e. The lowest BCUT2D eigenvalue weighted by Crippen LogP contribution is -2.27. The Balaban J connectivity index is 1.87. The standard InChI is InChI=1S/C10H19N/c1-2-3-6-9-11-10-7-4-5-8-10/h4-5,10-11H,2-3,6-9H2,1H3. The van der Waals surface area contributed by atoms with Crippen molar-refractivity contribution in [1.82, 2.24) is 5.32 Å². The predicted octanol–water partition coefficient (Wildman–Crippen LogP) is 2.48. The van der Waals surface area contributed by atoms with Crippen LogP contribution >= 0.6 is 0 Å². The van der Waals surface area contributed by atoms with E-state index in [0.717, 1.165) is 6.04 Å². The Hall–Kier alpha value is -0.300. The summed E-state index contributed by atoms with van der Waals surface area (Å²) in [4.78, 5) is 0. The van der Waals surface area contributed by atoms with Crippen molar-refractivity contribution in [1.29, 1.82) is 0 Å². The van der Waals surface area contributed by atoms with Crippen molar-refractivity contribution in [2.45, 2.75) is 45.1 Å². The van der Waals surface area contributed by atoms with Crippen molar-refractivity contribution >= 4 is 0 Å². The van der Waals surface area contributed by atoms with Gasteiger partial charge in [0.05, 0.1) is 0 Å². The lowest BCUT2D eigenvalue weighted by atomic mass is 10.2. The molecule has 0 unspecified atom stereocenters. The summed E-state index contributed by atoms with van der Waals surface area (Å²) in [6.07, 6.45) is 11.1. The number of unbranched alkanes of at least 4 members (excludes halogenated alkanes) is 2. The van der Waals surface area contributed by atoms with Crippen molar-refractivity contribution in [3.63, 3.8) is 0 Å². The van der Waals surface area contributed by atoms with Gasteiger partial charge < -0.3 is 5.32 Å². The molecule has 0 amide bonds. The Kier molecular flexibility index (Phi) is 4.29. The summed E-state index contributed by atoms with van der Waals surface area (Å²) in [5.41, 5.74) is 0. The molecular formula is C10H19N. The molecule has 64 valence electrons. The maximum absolute atomic E-state index is 3.55. The number of rotatable bonds is 5. The van der Waals surface area contributed by atoms with Crippen molar-refractivity contribution < 1.29 is 0 Å². The van der Waals surface area contributed by atoms with Crippen molar-refractivity contribution in [2.75, 3.05) is 6.54 Å². The van der Waals surface area contributed by atoms with Gasteiger partial charge in [0, 0.05) is 6.04 Å². The maximum Gasteiger partial charge on any atom is 0.0136 e. The van der Waals surface area contributed by atoms with Crippen LogP contribution in [0.2, 0.25) is 0 Å². The maximum atomic E-state index is 3.55. The summed E-state index contributed by atoms with van der Waals surface area (Å²) in [6, 6.07) is 0.756. The highest BCUT2D eigenvalue weighted by molar-refractivity contribution is 4.97. The van der Waals surface area contributed by atoms with E-state index in [0.29, 0.717) is 0 Å². The normalized spacial score (nSPS) is 17.9. The van der Waals surface area contributed by atoms with Gasteiger partial charge in [0.15, 0.2) is 0 Å². The SMILES string of the molecule is CCCCCNC1CC=CC1. The van der Waals surface area contributed by atoms with E-state index in [1.807, 2.05) is 0 Å². The van der Waals surface area contributed by atoms with Crippen LogP contribution < -0.4 is 5.32 Å². The number of hydrogen-bond donors (Lipinski definition) is 1. The minimum atomic E-state index is 0.756. The van der Waals surface area contributed by atoms with Crippen LogP contribution in [0.25, 0.3) is 0 Å². The van der Waals surface area contributed by atoms with Gasteiger partial charge in [0.1, 0.15) is 0 Å². The van der Waals surface area contributed by atoms with Crippen LogP contribution in [0.1, 0.15) is 39.0 Å². The van der Waals surface area contributed by atoms with E-state index in [2.05, 4.69) is 24.4 Å². The van der Waals surface area contributed by atoms with Gasteiger partial charge in [-0.15, -0.1) is 0 Å². The zero-order chi connectivity index (χ0) is 7.94. The zero-order valence-corrected chi connectivity index (χ0v) is 7.47. The molecule has 1 heteroatoms. The summed E-state index contributed by atoms with van der Waals surface area (Å²) >= 11 is 0. The highest BCUT2D eigenvalue weighted by Gasteiger charge is 2.07. The third-order valence-corrected chi connectivity index (χ3v) is 2.22. The lowest BCUT2D eigenvalue weighted by Gasteiger charge is -2.10. The van der Waals surface area contributed by atoms with E-state index in [-0.39, 0.29) is 0 Å². The molecule has 0 atom stereocenters. The van der Waals surface area contributed by atoms with Crippen LogP contribution in [0.3, 0.4) is 0 Å². The Morgan fingerprint density at radius 2 is 2.00 bits per heavy atom. The molecule has 0 spiro atoms. The van der Waals surface area contributed by atoms with Crippen LogP contribution in [0, 0.1) is 0 Å². The Bertz CT molecular complexity index is 110. The van der Waals surface area contributed by atoms with Crippen molar-refractivity contribution in [3.05, 3.63) is 12.2 Å². The fourth-order valence-corrected chi connectivity index (χ4v) is 1.47. The molecule has 0 saturated heterocycles. The van der Waals surface area contributed by atoms with Crippen LogP contribution in [0.5, 0.6) is 0 Å².